The minimum atomic E-state index is -0.235. The van der Waals surface area contributed by atoms with Crippen molar-refractivity contribution in [3.63, 3.8) is 0 Å². The molecule has 0 spiro atoms. The second-order valence-corrected chi connectivity index (χ2v) is 4.21. The summed E-state index contributed by atoms with van der Waals surface area (Å²) in [6, 6.07) is 12.9. The van der Waals surface area contributed by atoms with Gasteiger partial charge in [-0.2, -0.15) is 0 Å². The van der Waals surface area contributed by atoms with Crippen molar-refractivity contribution in [1.29, 1.82) is 0 Å². The van der Waals surface area contributed by atoms with E-state index in [1.165, 1.54) is 0 Å². The molecule has 0 aliphatic carbocycles. The van der Waals surface area contributed by atoms with Gasteiger partial charge in [0.2, 0.25) is 0 Å². The van der Waals surface area contributed by atoms with Gasteiger partial charge in [-0.1, -0.05) is 18.2 Å². The van der Waals surface area contributed by atoms with Gasteiger partial charge in [-0.25, -0.2) is 0 Å². The molecule has 4 heteroatoms. The summed E-state index contributed by atoms with van der Waals surface area (Å²) in [5.74, 6) is -0.235. The Bertz CT molecular complexity index is 524. The average molecular weight is 256 g/mol. The van der Waals surface area contributed by atoms with Crippen LogP contribution < -0.4 is 5.73 Å². The van der Waals surface area contributed by atoms with Gasteiger partial charge in [0.05, 0.1) is 13.0 Å². The molecule has 0 saturated carbocycles. The van der Waals surface area contributed by atoms with Crippen LogP contribution in [0.15, 0.2) is 48.7 Å². The van der Waals surface area contributed by atoms with Gasteiger partial charge >= 0.3 is 5.97 Å². The number of hydrogen-bond donors (Lipinski definition) is 1. The fraction of sp³-hybridized carbons (Fsp3) is 0.200. The molecule has 98 valence electrons. The summed E-state index contributed by atoms with van der Waals surface area (Å²) in [4.78, 5) is 15.8. The number of hydrogen-bond acceptors (Lipinski definition) is 4. The van der Waals surface area contributed by atoms with Crippen LogP contribution in [0.3, 0.4) is 0 Å². The quantitative estimate of drug-likeness (QED) is 0.656. The Balaban J connectivity index is 1.74. The fourth-order valence-electron chi connectivity index (χ4n) is 1.67. The van der Waals surface area contributed by atoms with Crippen molar-refractivity contribution in [2.24, 2.45) is 0 Å². The summed E-state index contributed by atoms with van der Waals surface area (Å²) >= 11 is 0. The standard InChI is InChI=1S/C15H16N2O2/c16-13-6-4-12(5-7-13)11-15(18)19-10-8-14-3-1-2-9-17-14/h1-7,9H,8,10-11,16H2. The van der Waals surface area contributed by atoms with Crippen LogP contribution in [-0.2, 0) is 22.4 Å². The third kappa shape index (κ3) is 4.43. The van der Waals surface area contributed by atoms with E-state index < -0.39 is 0 Å². The molecule has 0 atom stereocenters. The van der Waals surface area contributed by atoms with E-state index in [-0.39, 0.29) is 12.4 Å². The highest BCUT2D eigenvalue weighted by Gasteiger charge is 2.05. The van der Waals surface area contributed by atoms with Crippen molar-refractivity contribution in [3.05, 3.63) is 59.9 Å². The first-order valence-electron chi connectivity index (χ1n) is 6.14. The van der Waals surface area contributed by atoms with Gasteiger partial charge in [-0.3, -0.25) is 9.78 Å². The zero-order chi connectivity index (χ0) is 13.5. The summed E-state index contributed by atoms with van der Waals surface area (Å²) in [6.45, 7) is 0.352. The van der Waals surface area contributed by atoms with Gasteiger partial charge in [0.25, 0.3) is 0 Å². The summed E-state index contributed by atoms with van der Waals surface area (Å²) in [5.41, 5.74) is 8.09. The van der Waals surface area contributed by atoms with Crippen LogP contribution in [0.4, 0.5) is 5.69 Å². The monoisotopic (exact) mass is 256 g/mol. The highest BCUT2D eigenvalue weighted by atomic mass is 16.5. The molecular weight excluding hydrogens is 240 g/mol. The van der Waals surface area contributed by atoms with Crippen LogP contribution in [0.25, 0.3) is 0 Å². The topological polar surface area (TPSA) is 65.2 Å². The van der Waals surface area contributed by atoms with Crippen LogP contribution in [0.5, 0.6) is 0 Å². The summed E-state index contributed by atoms with van der Waals surface area (Å²) in [7, 11) is 0. The predicted molar refractivity (Wildman–Crippen MR) is 73.5 cm³/mol. The van der Waals surface area contributed by atoms with Gasteiger partial charge in [-0.05, 0) is 29.8 Å². The van der Waals surface area contributed by atoms with E-state index in [4.69, 9.17) is 10.5 Å². The first-order chi connectivity index (χ1) is 9.24. The molecule has 0 aliphatic rings. The van der Waals surface area contributed by atoms with Crippen molar-refractivity contribution < 1.29 is 9.53 Å². The first-order valence-corrected chi connectivity index (χ1v) is 6.14. The number of ether oxygens (including phenoxy) is 1. The number of anilines is 1. The molecule has 0 amide bonds. The second kappa shape index (κ2) is 6.54. The van der Waals surface area contributed by atoms with Crippen molar-refractivity contribution in [1.82, 2.24) is 4.98 Å². The van der Waals surface area contributed by atoms with Crippen molar-refractivity contribution >= 4 is 11.7 Å². The summed E-state index contributed by atoms with van der Waals surface area (Å²) in [5, 5.41) is 0. The maximum atomic E-state index is 11.6. The number of pyridine rings is 1. The number of nitrogen functional groups attached to an aromatic ring is 1. The lowest BCUT2D eigenvalue weighted by Gasteiger charge is -2.05. The average Bonchev–Trinajstić information content (AvgIpc) is 2.43. The Hall–Kier alpha value is -2.36. The second-order valence-electron chi connectivity index (χ2n) is 4.21. The number of rotatable bonds is 5. The number of carbonyl (C=O) groups is 1. The maximum absolute atomic E-state index is 11.6. The van der Waals surface area contributed by atoms with Crippen LogP contribution >= 0.6 is 0 Å². The van der Waals surface area contributed by atoms with Gasteiger partial charge in [0, 0.05) is 24.0 Å². The van der Waals surface area contributed by atoms with Crippen molar-refractivity contribution in [2.45, 2.75) is 12.8 Å². The number of benzene rings is 1. The van der Waals surface area contributed by atoms with Gasteiger partial charge in [0.1, 0.15) is 0 Å². The Kier molecular flexibility index (Phi) is 4.50. The molecule has 0 aliphatic heterocycles. The van der Waals surface area contributed by atoms with Gasteiger partial charge in [-0.15, -0.1) is 0 Å². The Morgan fingerprint density at radius 2 is 1.95 bits per heavy atom. The Morgan fingerprint density at radius 1 is 1.16 bits per heavy atom. The van der Waals surface area contributed by atoms with E-state index in [2.05, 4.69) is 4.98 Å². The zero-order valence-corrected chi connectivity index (χ0v) is 10.6. The first kappa shape index (κ1) is 13.1. The molecule has 0 saturated heterocycles. The van der Waals surface area contributed by atoms with E-state index in [9.17, 15) is 4.79 Å². The third-order valence-electron chi connectivity index (χ3n) is 2.68. The molecule has 2 rings (SSSR count). The lowest BCUT2D eigenvalue weighted by atomic mass is 10.1. The van der Waals surface area contributed by atoms with Crippen molar-refractivity contribution in [2.75, 3.05) is 12.3 Å². The number of aromatic nitrogens is 1. The predicted octanol–water partition coefficient (Wildman–Crippen LogP) is 1.99. The largest absolute Gasteiger partial charge is 0.465 e. The summed E-state index contributed by atoms with van der Waals surface area (Å²) < 4.78 is 5.17. The minimum absolute atomic E-state index is 0.235. The molecule has 2 aromatic rings. The fourth-order valence-corrected chi connectivity index (χ4v) is 1.67. The van der Waals surface area contributed by atoms with Crippen LogP contribution in [0.2, 0.25) is 0 Å². The maximum Gasteiger partial charge on any atom is 0.310 e. The molecule has 0 fully saturated rings. The van der Waals surface area contributed by atoms with E-state index in [0.717, 1.165) is 11.3 Å². The van der Waals surface area contributed by atoms with Crippen LogP contribution in [-0.4, -0.2) is 17.6 Å². The van der Waals surface area contributed by atoms with E-state index >= 15 is 0 Å². The molecule has 0 radical (unpaired) electrons. The molecule has 4 nitrogen and oxygen atoms in total. The zero-order valence-electron chi connectivity index (χ0n) is 10.6. The number of nitrogens with two attached hydrogens (primary N) is 1. The smallest absolute Gasteiger partial charge is 0.310 e. The molecule has 1 aromatic heterocycles. The minimum Gasteiger partial charge on any atom is -0.465 e. The third-order valence-corrected chi connectivity index (χ3v) is 2.68. The van der Waals surface area contributed by atoms with E-state index in [0.29, 0.717) is 18.7 Å². The Labute approximate surface area is 112 Å². The normalized spacial score (nSPS) is 10.1. The van der Waals surface area contributed by atoms with Crippen LogP contribution in [0, 0.1) is 0 Å². The molecule has 0 unspecified atom stereocenters. The van der Waals surface area contributed by atoms with Crippen molar-refractivity contribution in [3.8, 4) is 0 Å². The lowest BCUT2D eigenvalue weighted by Crippen LogP contribution is -2.10. The molecule has 19 heavy (non-hydrogen) atoms. The van der Waals surface area contributed by atoms with E-state index in [1.807, 2.05) is 30.3 Å². The summed E-state index contributed by atoms with van der Waals surface area (Å²) in [6.07, 6.45) is 2.63. The number of carbonyl (C=O) groups excluding carboxylic acids is 1. The molecular formula is C15H16N2O2. The molecule has 1 heterocycles. The highest BCUT2D eigenvalue weighted by molar-refractivity contribution is 5.72. The SMILES string of the molecule is Nc1ccc(CC(=O)OCCc2ccccn2)cc1. The Morgan fingerprint density at radius 3 is 2.63 bits per heavy atom. The lowest BCUT2D eigenvalue weighted by molar-refractivity contribution is -0.142. The van der Waals surface area contributed by atoms with E-state index in [1.54, 1.807) is 18.3 Å². The van der Waals surface area contributed by atoms with Gasteiger partial charge < -0.3 is 10.5 Å². The number of nitrogens with zero attached hydrogens (tertiary/aromatic N) is 1. The van der Waals surface area contributed by atoms with Crippen LogP contribution in [0.1, 0.15) is 11.3 Å². The van der Waals surface area contributed by atoms with Gasteiger partial charge in [0.15, 0.2) is 0 Å². The molecule has 2 N–H and O–H groups in total. The number of esters is 1. The molecule has 0 bridgehead atoms. The highest BCUT2D eigenvalue weighted by Crippen LogP contribution is 2.07. The molecule has 1 aromatic carbocycles.